The van der Waals surface area contributed by atoms with E-state index in [1.165, 1.54) is 36.9 Å². The van der Waals surface area contributed by atoms with Crippen LogP contribution in [0.4, 0.5) is 15.8 Å². The number of piperazine rings is 1. The Hall–Kier alpha value is -3.71. The number of carbonyl (C=O) groups excluding carboxylic acids is 2. The van der Waals surface area contributed by atoms with Crippen LogP contribution in [-0.2, 0) is 11.3 Å². The summed E-state index contributed by atoms with van der Waals surface area (Å²) in [5.74, 6) is -1.26. The number of methoxy groups -OCH3 is 1. The monoisotopic (exact) mass is 447 g/mol. The summed E-state index contributed by atoms with van der Waals surface area (Å²) in [5.41, 5.74) is 3.30. The highest BCUT2D eigenvalue weighted by atomic mass is 19.1. The molecule has 0 aliphatic carbocycles. The van der Waals surface area contributed by atoms with Gasteiger partial charge in [-0.2, -0.15) is 0 Å². The van der Waals surface area contributed by atoms with Crippen LogP contribution in [0.3, 0.4) is 0 Å². The molecule has 0 spiro atoms. The number of anilines is 2. The largest absolute Gasteiger partial charge is 0.465 e. The minimum absolute atomic E-state index is 0.332. The highest BCUT2D eigenvalue weighted by molar-refractivity contribution is 6.06. The SMILES string of the molecule is COC(=O)c1ccc(N2CCN(Cc3ccccc3)CC2)c(NC(=O)c2ccc(F)cc2)c1. The van der Waals surface area contributed by atoms with Gasteiger partial charge in [-0.15, -0.1) is 0 Å². The molecule has 1 heterocycles. The van der Waals surface area contributed by atoms with E-state index in [4.69, 9.17) is 4.74 Å². The molecule has 1 saturated heterocycles. The number of esters is 1. The smallest absolute Gasteiger partial charge is 0.337 e. The number of benzene rings is 3. The summed E-state index contributed by atoms with van der Waals surface area (Å²) in [6, 6.07) is 20.9. The maximum absolute atomic E-state index is 13.2. The highest BCUT2D eigenvalue weighted by Crippen LogP contribution is 2.29. The third-order valence-electron chi connectivity index (χ3n) is 5.73. The maximum Gasteiger partial charge on any atom is 0.337 e. The predicted octanol–water partition coefficient (Wildman–Crippen LogP) is 4.19. The Labute approximate surface area is 192 Å². The van der Waals surface area contributed by atoms with Gasteiger partial charge in [0.2, 0.25) is 0 Å². The third kappa shape index (κ3) is 5.56. The molecule has 33 heavy (non-hydrogen) atoms. The fourth-order valence-electron chi connectivity index (χ4n) is 3.94. The lowest BCUT2D eigenvalue weighted by molar-refractivity contribution is 0.0600. The van der Waals surface area contributed by atoms with Crippen molar-refractivity contribution in [2.45, 2.75) is 6.54 Å². The average molecular weight is 448 g/mol. The molecule has 0 unspecified atom stereocenters. The van der Waals surface area contributed by atoms with E-state index in [-0.39, 0.29) is 5.91 Å². The zero-order chi connectivity index (χ0) is 23.2. The van der Waals surface area contributed by atoms with Crippen LogP contribution in [0.2, 0.25) is 0 Å². The van der Waals surface area contributed by atoms with E-state index in [9.17, 15) is 14.0 Å². The summed E-state index contributed by atoms with van der Waals surface area (Å²) >= 11 is 0. The molecule has 4 rings (SSSR count). The van der Waals surface area contributed by atoms with Crippen LogP contribution in [0.5, 0.6) is 0 Å². The van der Waals surface area contributed by atoms with Gasteiger partial charge in [-0.1, -0.05) is 30.3 Å². The molecule has 1 amide bonds. The molecular formula is C26H26FN3O3. The number of hydrogen-bond acceptors (Lipinski definition) is 5. The summed E-state index contributed by atoms with van der Waals surface area (Å²) in [7, 11) is 1.32. The first-order chi connectivity index (χ1) is 16.0. The van der Waals surface area contributed by atoms with Crippen molar-refractivity contribution in [2.24, 2.45) is 0 Å². The quantitative estimate of drug-likeness (QED) is 0.575. The van der Waals surface area contributed by atoms with Gasteiger partial charge in [0.15, 0.2) is 0 Å². The van der Waals surface area contributed by atoms with Gasteiger partial charge in [0.25, 0.3) is 5.91 Å². The molecule has 6 nitrogen and oxygen atoms in total. The zero-order valence-electron chi connectivity index (χ0n) is 18.5. The van der Waals surface area contributed by atoms with Crippen LogP contribution in [0.25, 0.3) is 0 Å². The second-order valence-corrected chi connectivity index (χ2v) is 7.93. The van der Waals surface area contributed by atoms with Crippen molar-refractivity contribution in [1.29, 1.82) is 0 Å². The second kappa shape index (κ2) is 10.3. The third-order valence-corrected chi connectivity index (χ3v) is 5.73. The van der Waals surface area contributed by atoms with Crippen LogP contribution < -0.4 is 10.2 Å². The van der Waals surface area contributed by atoms with Gasteiger partial charge in [0.05, 0.1) is 24.0 Å². The van der Waals surface area contributed by atoms with E-state index in [2.05, 4.69) is 27.2 Å². The minimum Gasteiger partial charge on any atom is -0.465 e. The molecule has 1 N–H and O–H groups in total. The van der Waals surface area contributed by atoms with Crippen LogP contribution in [0, 0.1) is 5.82 Å². The summed E-state index contributed by atoms with van der Waals surface area (Å²) < 4.78 is 18.1. The van der Waals surface area contributed by atoms with Gasteiger partial charge in [0.1, 0.15) is 5.82 Å². The van der Waals surface area contributed by atoms with Gasteiger partial charge in [-0.05, 0) is 48.0 Å². The molecule has 3 aromatic rings. The lowest BCUT2D eigenvalue weighted by atomic mass is 10.1. The first-order valence-corrected chi connectivity index (χ1v) is 10.8. The van der Waals surface area contributed by atoms with E-state index in [0.717, 1.165) is 38.4 Å². The Morgan fingerprint density at radius 3 is 2.24 bits per heavy atom. The first kappa shape index (κ1) is 22.5. The molecule has 0 atom stereocenters. The molecule has 170 valence electrons. The number of nitrogens with one attached hydrogen (secondary N) is 1. The van der Waals surface area contributed by atoms with Crippen molar-refractivity contribution >= 4 is 23.3 Å². The Morgan fingerprint density at radius 1 is 0.909 bits per heavy atom. The van der Waals surface area contributed by atoms with E-state index in [1.54, 1.807) is 12.1 Å². The fourth-order valence-corrected chi connectivity index (χ4v) is 3.94. The van der Waals surface area contributed by atoms with Gasteiger partial charge >= 0.3 is 5.97 Å². The molecule has 0 bridgehead atoms. The molecule has 1 fully saturated rings. The van der Waals surface area contributed by atoms with Gasteiger partial charge in [-0.3, -0.25) is 9.69 Å². The number of carbonyl (C=O) groups is 2. The van der Waals surface area contributed by atoms with Crippen LogP contribution in [-0.4, -0.2) is 50.1 Å². The number of halogens is 1. The normalized spacial score (nSPS) is 14.1. The maximum atomic E-state index is 13.2. The zero-order valence-corrected chi connectivity index (χ0v) is 18.5. The van der Waals surface area contributed by atoms with E-state index >= 15 is 0 Å². The fraction of sp³-hybridized carbons (Fsp3) is 0.231. The van der Waals surface area contributed by atoms with Crippen molar-refractivity contribution < 1.29 is 18.7 Å². The Balaban J connectivity index is 1.51. The van der Waals surface area contributed by atoms with Gasteiger partial charge in [0, 0.05) is 38.3 Å². The summed E-state index contributed by atoms with van der Waals surface area (Å²) in [4.78, 5) is 29.4. The first-order valence-electron chi connectivity index (χ1n) is 10.8. The van der Waals surface area contributed by atoms with Crippen molar-refractivity contribution in [3.8, 4) is 0 Å². The molecule has 7 heteroatoms. The Bertz CT molecular complexity index is 1110. The number of ether oxygens (including phenoxy) is 1. The van der Waals surface area contributed by atoms with Crippen molar-refractivity contribution in [3.63, 3.8) is 0 Å². The molecule has 1 aliphatic heterocycles. The lowest BCUT2D eigenvalue weighted by Crippen LogP contribution is -2.46. The van der Waals surface area contributed by atoms with Gasteiger partial charge < -0.3 is 15.0 Å². The number of rotatable bonds is 6. The van der Waals surface area contributed by atoms with Crippen LogP contribution in [0.1, 0.15) is 26.3 Å². The molecule has 1 aliphatic rings. The Morgan fingerprint density at radius 2 is 1.58 bits per heavy atom. The van der Waals surface area contributed by atoms with E-state index in [1.807, 2.05) is 24.3 Å². The summed E-state index contributed by atoms with van der Waals surface area (Å²) in [6.07, 6.45) is 0. The standard InChI is InChI=1S/C26H26FN3O3/c1-33-26(32)21-9-12-24(23(17-21)28-25(31)20-7-10-22(27)11-8-20)30-15-13-29(14-16-30)18-19-5-3-2-4-6-19/h2-12,17H,13-16,18H2,1H3,(H,28,31). The van der Waals surface area contributed by atoms with E-state index in [0.29, 0.717) is 16.8 Å². The lowest BCUT2D eigenvalue weighted by Gasteiger charge is -2.37. The average Bonchev–Trinajstić information content (AvgIpc) is 2.85. The van der Waals surface area contributed by atoms with Gasteiger partial charge in [-0.25, -0.2) is 9.18 Å². The predicted molar refractivity (Wildman–Crippen MR) is 126 cm³/mol. The van der Waals surface area contributed by atoms with Crippen LogP contribution >= 0.6 is 0 Å². The van der Waals surface area contributed by atoms with Crippen LogP contribution in [0.15, 0.2) is 72.8 Å². The second-order valence-electron chi connectivity index (χ2n) is 7.93. The molecule has 3 aromatic carbocycles. The van der Waals surface area contributed by atoms with Crippen molar-refractivity contribution in [2.75, 3.05) is 43.5 Å². The van der Waals surface area contributed by atoms with E-state index < -0.39 is 11.8 Å². The van der Waals surface area contributed by atoms with Crippen molar-refractivity contribution in [3.05, 3.63) is 95.3 Å². The highest BCUT2D eigenvalue weighted by Gasteiger charge is 2.22. The minimum atomic E-state index is -0.480. The number of nitrogens with zero attached hydrogens (tertiary/aromatic N) is 2. The Kier molecular flexibility index (Phi) is 7.00. The molecule has 0 aromatic heterocycles. The number of hydrogen-bond donors (Lipinski definition) is 1. The molecule has 0 saturated carbocycles. The number of amides is 1. The summed E-state index contributed by atoms with van der Waals surface area (Å²) in [6.45, 7) is 4.20. The molecular weight excluding hydrogens is 421 g/mol. The molecule has 0 radical (unpaired) electrons. The van der Waals surface area contributed by atoms with Crippen molar-refractivity contribution in [1.82, 2.24) is 4.90 Å². The topological polar surface area (TPSA) is 61.9 Å². The summed E-state index contributed by atoms with van der Waals surface area (Å²) in [5, 5.41) is 2.89.